The molecule has 2 spiro atoms. The normalized spacial score (nSPS) is 32.9. The number of ether oxygens (including phenoxy) is 2. The molecule has 0 bridgehead atoms. The minimum Gasteiger partial charge on any atom is -0.464 e. The highest BCUT2D eigenvalue weighted by molar-refractivity contribution is 5.79. The second-order valence-electron chi connectivity index (χ2n) is 6.02. The van der Waals surface area contributed by atoms with E-state index < -0.39 is 0 Å². The van der Waals surface area contributed by atoms with Crippen LogP contribution in [0.4, 0.5) is 0 Å². The van der Waals surface area contributed by atoms with Crippen molar-refractivity contribution in [1.82, 2.24) is 0 Å². The molecule has 0 aromatic heterocycles. The van der Waals surface area contributed by atoms with E-state index in [9.17, 15) is 4.79 Å². The number of epoxide rings is 1. The van der Waals surface area contributed by atoms with Gasteiger partial charge in [0.25, 0.3) is 0 Å². The second kappa shape index (κ2) is 3.98. The van der Waals surface area contributed by atoms with Crippen LogP contribution in [0, 0.1) is 5.41 Å². The Balaban J connectivity index is 1.57. The lowest BCUT2D eigenvalue weighted by Gasteiger charge is -2.36. The van der Waals surface area contributed by atoms with E-state index in [1.54, 1.807) is 0 Å². The zero-order valence-corrected chi connectivity index (χ0v) is 10.7. The van der Waals surface area contributed by atoms with Crippen molar-refractivity contribution in [3.8, 4) is 0 Å². The lowest BCUT2D eigenvalue weighted by molar-refractivity contribution is -0.144. The van der Waals surface area contributed by atoms with Crippen molar-refractivity contribution < 1.29 is 14.3 Å². The average molecular weight is 238 g/mol. The highest BCUT2D eigenvalue weighted by Crippen LogP contribution is 2.58. The van der Waals surface area contributed by atoms with Gasteiger partial charge in [0.15, 0.2) is 6.10 Å². The molecule has 3 rings (SSSR count). The molecular weight excluding hydrogens is 216 g/mol. The van der Waals surface area contributed by atoms with Crippen molar-refractivity contribution in [2.75, 3.05) is 6.61 Å². The first-order chi connectivity index (χ1) is 8.20. The first-order valence-corrected chi connectivity index (χ1v) is 7.04. The molecule has 0 amide bonds. The minimum absolute atomic E-state index is 0.125. The van der Waals surface area contributed by atoms with E-state index >= 15 is 0 Å². The third-order valence-electron chi connectivity index (χ3n) is 5.10. The fourth-order valence-corrected chi connectivity index (χ4v) is 3.89. The van der Waals surface area contributed by atoms with Crippen molar-refractivity contribution in [1.29, 1.82) is 0 Å². The number of carbonyl (C=O) groups excluding carboxylic acids is 1. The molecule has 17 heavy (non-hydrogen) atoms. The van der Waals surface area contributed by atoms with Crippen molar-refractivity contribution >= 4 is 5.97 Å². The van der Waals surface area contributed by atoms with Crippen LogP contribution in [0.25, 0.3) is 0 Å². The molecule has 0 N–H and O–H groups in total. The third kappa shape index (κ3) is 1.88. The molecule has 1 atom stereocenters. The number of carbonyl (C=O) groups is 1. The molecule has 3 fully saturated rings. The number of esters is 1. The summed E-state index contributed by atoms with van der Waals surface area (Å²) in [7, 11) is 0. The second-order valence-corrected chi connectivity index (χ2v) is 6.02. The number of hydrogen-bond donors (Lipinski definition) is 0. The van der Waals surface area contributed by atoms with E-state index in [1.165, 1.54) is 38.5 Å². The van der Waals surface area contributed by atoms with Gasteiger partial charge in [-0.1, -0.05) is 12.8 Å². The average Bonchev–Trinajstić information content (AvgIpc) is 2.86. The van der Waals surface area contributed by atoms with Crippen molar-refractivity contribution in [2.24, 2.45) is 5.41 Å². The van der Waals surface area contributed by atoms with E-state index in [2.05, 4.69) is 0 Å². The van der Waals surface area contributed by atoms with E-state index in [4.69, 9.17) is 9.47 Å². The standard InChI is InChI=1S/C14H22O3/c1-2-16-12(15)11-14(17-11)9-7-13(8-10-14)5-3-4-6-13/h11H,2-10H2,1H3. The van der Waals surface area contributed by atoms with Crippen molar-refractivity contribution in [2.45, 2.75) is 70.0 Å². The van der Waals surface area contributed by atoms with Gasteiger partial charge in [0, 0.05) is 0 Å². The van der Waals surface area contributed by atoms with E-state index in [0.29, 0.717) is 12.0 Å². The van der Waals surface area contributed by atoms with Crippen LogP contribution in [-0.4, -0.2) is 24.3 Å². The van der Waals surface area contributed by atoms with E-state index in [0.717, 1.165) is 12.8 Å². The first kappa shape index (κ1) is 11.5. The van der Waals surface area contributed by atoms with Crippen LogP contribution < -0.4 is 0 Å². The SMILES string of the molecule is CCOC(=O)C1OC12CCC1(CCCC1)CC2. The third-order valence-corrected chi connectivity index (χ3v) is 5.10. The molecular formula is C14H22O3. The lowest BCUT2D eigenvalue weighted by atomic mass is 9.68. The Hall–Kier alpha value is -0.570. The Morgan fingerprint density at radius 1 is 1.18 bits per heavy atom. The maximum Gasteiger partial charge on any atom is 0.338 e. The molecule has 2 saturated carbocycles. The Kier molecular flexibility index (Phi) is 2.69. The summed E-state index contributed by atoms with van der Waals surface area (Å²) in [5, 5.41) is 0. The molecule has 3 aliphatic rings. The van der Waals surface area contributed by atoms with Gasteiger partial charge in [0.1, 0.15) is 5.60 Å². The van der Waals surface area contributed by atoms with Crippen LogP contribution in [0.5, 0.6) is 0 Å². The summed E-state index contributed by atoms with van der Waals surface area (Å²) in [4.78, 5) is 11.6. The summed E-state index contributed by atoms with van der Waals surface area (Å²) in [6, 6.07) is 0. The molecule has 3 heteroatoms. The van der Waals surface area contributed by atoms with Gasteiger partial charge in [-0.15, -0.1) is 0 Å². The van der Waals surface area contributed by atoms with Crippen LogP contribution in [0.3, 0.4) is 0 Å². The van der Waals surface area contributed by atoms with Crippen LogP contribution in [0.2, 0.25) is 0 Å². The topological polar surface area (TPSA) is 38.8 Å². The van der Waals surface area contributed by atoms with Gasteiger partial charge < -0.3 is 9.47 Å². The molecule has 0 aromatic carbocycles. The molecule has 1 unspecified atom stereocenters. The molecule has 0 aromatic rings. The molecule has 0 radical (unpaired) electrons. The Bertz CT molecular complexity index is 307. The summed E-state index contributed by atoms with van der Waals surface area (Å²) >= 11 is 0. The molecule has 2 aliphatic carbocycles. The van der Waals surface area contributed by atoms with Crippen LogP contribution in [-0.2, 0) is 14.3 Å². The molecule has 1 aliphatic heterocycles. The summed E-state index contributed by atoms with van der Waals surface area (Å²) in [6.07, 6.45) is 9.98. The van der Waals surface area contributed by atoms with E-state index in [-0.39, 0.29) is 17.7 Å². The Morgan fingerprint density at radius 2 is 1.82 bits per heavy atom. The van der Waals surface area contributed by atoms with Crippen molar-refractivity contribution in [3.05, 3.63) is 0 Å². The molecule has 96 valence electrons. The zero-order valence-electron chi connectivity index (χ0n) is 10.7. The quantitative estimate of drug-likeness (QED) is 0.548. The zero-order chi connectivity index (χ0) is 11.9. The molecule has 3 nitrogen and oxygen atoms in total. The fourth-order valence-electron chi connectivity index (χ4n) is 3.89. The van der Waals surface area contributed by atoms with Gasteiger partial charge in [0.05, 0.1) is 6.61 Å². The summed E-state index contributed by atoms with van der Waals surface area (Å²) in [5.41, 5.74) is 0.483. The number of rotatable bonds is 2. The summed E-state index contributed by atoms with van der Waals surface area (Å²) in [6.45, 7) is 2.31. The Labute approximate surface area is 103 Å². The molecule has 1 saturated heterocycles. The first-order valence-electron chi connectivity index (χ1n) is 7.04. The van der Waals surface area contributed by atoms with E-state index in [1.807, 2.05) is 6.92 Å². The van der Waals surface area contributed by atoms with Gasteiger partial charge in [0.2, 0.25) is 0 Å². The van der Waals surface area contributed by atoms with Gasteiger partial charge in [-0.05, 0) is 50.9 Å². The Morgan fingerprint density at radius 3 is 2.41 bits per heavy atom. The summed E-state index contributed by atoms with van der Waals surface area (Å²) in [5.74, 6) is -0.144. The highest BCUT2D eigenvalue weighted by atomic mass is 16.7. The predicted octanol–water partition coefficient (Wildman–Crippen LogP) is 2.82. The monoisotopic (exact) mass is 238 g/mol. The minimum atomic E-state index is -0.249. The van der Waals surface area contributed by atoms with Gasteiger partial charge in [-0.3, -0.25) is 0 Å². The van der Waals surface area contributed by atoms with Crippen LogP contribution in [0.1, 0.15) is 58.3 Å². The molecule has 1 heterocycles. The van der Waals surface area contributed by atoms with Gasteiger partial charge in [-0.2, -0.15) is 0 Å². The van der Waals surface area contributed by atoms with Gasteiger partial charge >= 0.3 is 5.97 Å². The maximum absolute atomic E-state index is 11.6. The highest BCUT2D eigenvalue weighted by Gasteiger charge is 2.63. The summed E-state index contributed by atoms with van der Waals surface area (Å²) < 4.78 is 10.7. The predicted molar refractivity (Wildman–Crippen MR) is 63.6 cm³/mol. The van der Waals surface area contributed by atoms with Gasteiger partial charge in [-0.25, -0.2) is 4.79 Å². The number of hydrogen-bond acceptors (Lipinski definition) is 3. The van der Waals surface area contributed by atoms with Crippen molar-refractivity contribution in [3.63, 3.8) is 0 Å². The lowest BCUT2D eigenvalue weighted by Crippen LogP contribution is -2.32. The smallest absolute Gasteiger partial charge is 0.338 e. The maximum atomic E-state index is 11.6. The fraction of sp³-hybridized carbons (Fsp3) is 0.929. The largest absolute Gasteiger partial charge is 0.464 e. The van der Waals surface area contributed by atoms with Crippen LogP contribution in [0.15, 0.2) is 0 Å². The van der Waals surface area contributed by atoms with Crippen LogP contribution >= 0.6 is 0 Å².